The summed E-state index contributed by atoms with van der Waals surface area (Å²) in [6.45, 7) is 0. The molecule has 1 aromatic heterocycles. The van der Waals surface area contributed by atoms with Crippen LogP contribution in [-0.2, 0) is 10.8 Å². The first-order chi connectivity index (χ1) is 6.59. The van der Waals surface area contributed by atoms with E-state index in [-0.39, 0.29) is 5.92 Å². The van der Waals surface area contributed by atoms with Crippen LogP contribution < -0.4 is 0 Å². The lowest BCUT2D eigenvalue weighted by Crippen LogP contribution is -2.05. The molecule has 2 nitrogen and oxygen atoms in total. The van der Waals surface area contributed by atoms with Gasteiger partial charge in [-0.05, 0) is 18.6 Å². The van der Waals surface area contributed by atoms with Gasteiger partial charge in [-0.1, -0.05) is 6.07 Å². The first kappa shape index (κ1) is 10.4. The predicted octanol–water partition coefficient (Wildman–Crippen LogP) is 2.38. The molecule has 2 rings (SSSR count). The minimum absolute atomic E-state index is 0.147. The van der Waals surface area contributed by atoms with E-state index >= 15 is 0 Å². The molecule has 2 unspecified atom stereocenters. The highest BCUT2D eigenvalue weighted by atomic mass is 35.5. The van der Waals surface area contributed by atoms with Gasteiger partial charge in [0, 0.05) is 17.9 Å². The summed E-state index contributed by atoms with van der Waals surface area (Å²) < 4.78 is 11.1. The molecule has 0 saturated heterocycles. The van der Waals surface area contributed by atoms with Crippen LogP contribution in [0.15, 0.2) is 29.4 Å². The zero-order valence-corrected chi connectivity index (χ0v) is 9.65. The number of nitrogens with zero attached hydrogens (tertiary/aromatic N) is 1. The number of rotatable bonds is 3. The van der Waals surface area contributed by atoms with E-state index in [1.54, 1.807) is 18.3 Å². The quantitative estimate of drug-likeness (QED) is 0.771. The second kappa shape index (κ2) is 3.80. The summed E-state index contributed by atoms with van der Waals surface area (Å²) in [5, 5.41) is 0.600. The van der Waals surface area contributed by atoms with Crippen LogP contribution in [0.5, 0.6) is 0 Å². The molecule has 5 heteroatoms. The van der Waals surface area contributed by atoms with Gasteiger partial charge in [-0.25, -0.2) is 4.98 Å². The molecule has 1 saturated carbocycles. The van der Waals surface area contributed by atoms with Crippen molar-refractivity contribution in [2.24, 2.45) is 5.92 Å². The first-order valence-electron chi connectivity index (χ1n) is 4.27. The van der Waals surface area contributed by atoms with E-state index < -0.39 is 15.1 Å². The van der Waals surface area contributed by atoms with Crippen molar-refractivity contribution in [1.29, 1.82) is 0 Å². The molecular formula is C9H9Cl2NOS. The van der Waals surface area contributed by atoms with Crippen molar-refractivity contribution >= 4 is 34.0 Å². The standard InChI is InChI=1S/C9H9Cl2NOS/c10-9(11)5-7(9)6-14(13)8-3-1-2-4-12-8/h1-4,7H,5-6H2. The van der Waals surface area contributed by atoms with Crippen LogP contribution in [0, 0.1) is 5.92 Å². The average Bonchev–Trinajstić information content (AvgIpc) is 2.75. The van der Waals surface area contributed by atoms with Crippen LogP contribution in [0.4, 0.5) is 0 Å². The molecular weight excluding hydrogens is 241 g/mol. The molecule has 1 fully saturated rings. The lowest BCUT2D eigenvalue weighted by molar-refractivity contribution is 0.676. The smallest absolute Gasteiger partial charge is 0.127 e. The lowest BCUT2D eigenvalue weighted by Gasteiger charge is -2.00. The van der Waals surface area contributed by atoms with Gasteiger partial charge in [0.25, 0.3) is 0 Å². The molecule has 76 valence electrons. The summed E-state index contributed by atoms with van der Waals surface area (Å²) >= 11 is 11.7. The zero-order valence-electron chi connectivity index (χ0n) is 7.32. The second-order valence-electron chi connectivity index (χ2n) is 3.34. The molecule has 1 aliphatic rings. The Balaban J connectivity index is 1.98. The highest BCUT2D eigenvalue weighted by molar-refractivity contribution is 7.85. The van der Waals surface area contributed by atoms with Crippen LogP contribution in [0.25, 0.3) is 0 Å². The van der Waals surface area contributed by atoms with E-state index in [0.717, 1.165) is 6.42 Å². The summed E-state index contributed by atoms with van der Waals surface area (Å²) in [5.74, 6) is 0.651. The monoisotopic (exact) mass is 249 g/mol. The van der Waals surface area contributed by atoms with E-state index in [4.69, 9.17) is 23.2 Å². The molecule has 0 N–H and O–H groups in total. The van der Waals surface area contributed by atoms with Gasteiger partial charge in [0.05, 0.1) is 10.8 Å². The third kappa shape index (κ3) is 2.27. The Kier molecular flexibility index (Phi) is 2.82. The predicted molar refractivity (Wildman–Crippen MR) is 58.1 cm³/mol. The minimum Gasteiger partial charge on any atom is -0.253 e. The van der Waals surface area contributed by atoms with Crippen LogP contribution in [0.3, 0.4) is 0 Å². The van der Waals surface area contributed by atoms with Crippen molar-refractivity contribution in [2.45, 2.75) is 15.8 Å². The maximum absolute atomic E-state index is 11.7. The number of aromatic nitrogens is 1. The Morgan fingerprint density at radius 3 is 2.79 bits per heavy atom. The Labute approximate surface area is 95.1 Å². The highest BCUT2D eigenvalue weighted by Gasteiger charge is 2.52. The van der Waals surface area contributed by atoms with E-state index in [1.807, 2.05) is 6.07 Å². The maximum Gasteiger partial charge on any atom is 0.127 e. The number of pyridine rings is 1. The largest absolute Gasteiger partial charge is 0.253 e. The fourth-order valence-electron chi connectivity index (χ4n) is 1.20. The minimum atomic E-state index is -1.08. The van der Waals surface area contributed by atoms with Crippen molar-refractivity contribution in [1.82, 2.24) is 4.98 Å². The number of hydrogen-bond acceptors (Lipinski definition) is 2. The number of hydrogen-bond donors (Lipinski definition) is 0. The van der Waals surface area contributed by atoms with Crippen LogP contribution in [-0.4, -0.2) is 19.3 Å². The fourth-order valence-corrected chi connectivity index (χ4v) is 3.26. The average molecular weight is 250 g/mol. The molecule has 0 amide bonds. The van der Waals surface area contributed by atoms with Crippen molar-refractivity contribution < 1.29 is 4.21 Å². The zero-order chi connectivity index (χ0) is 10.2. The molecule has 14 heavy (non-hydrogen) atoms. The van der Waals surface area contributed by atoms with Crippen LogP contribution in [0.2, 0.25) is 0 Å². The summed E-state index contributed by atoms with van der Waals surface area (Å²) in [6.07, 6.45) is 2.36. The molecule has 0 aliphatic heterocycles. The van der Waals surface area contributed by atoms with Crippen molar-refractivity contribution in [3.63, 3.8) is 0 Å². The van der Waals surface area contributed by atoms with E-state index in [9.17, 15) is 4.21 Å². The molecule has 1 aromatic rings. The van der Waals surface area contributed by atoms with Crippen LogP contribution in [0.1, 0.15) is 6.42 Å². The number of alkyl halides is 2. The lowest BCUT2D eigenvalue weighted by atomic mass is 10.5. The number of halogens is 2. The van der Waals surface area contributed by atoms with E-state index in [1.165, 1.54) is 0 Å². The first-order valence-corrected chi connectivity index (χ1v) is 6.34. The van der Waals surface area contributed by atoms with E-state index in [2.05, 4.69) is 4.98 Å². The Hall–Kier alpha value is -0.120. The van der Waals surface area contributed by atoms with Gasteiger partial charge in [0.15, 0.2) is 0 Å². The second-order valence-corrected chi connectivity index (χ2v) is 6.33. The van der Waals surface area contributed by atoms with Gasteiger partial charge in [0.2, 0.25) is 0 Å². The molecule has 0 radical (unpaired) electrons. The molecule has 0 spiro atoms. The van der Waals surface area contributed by atoms with Gasteiger partial charge >= 0.3 is 0 Å². The molecule has 1 aliphatic carbocycles. The maximum atomic E-state index is 11.7. The fraction of sp³-hybridized carbons (Fsp3) is 0.444. The molecule has 0 bridgehead atoms. The Morgan fingerprint density at radius 2 is 2.29 bits per heavy atom. The van der Waals surface area contributed by atoms with Crippen molar-refractivity contribution in [3.8, 4) is 0 Å². The Bertz CT molecular complexity index is 355. The van der Waals surface area contributed by atoms with Crippen LogP contribution >= 0.6 is 23.2 Å². The van der Waals surface area contributed by atoms with E-state index in [0.29, 0.717) is 10.8 Å². The van der Waals surface area contributed by atoms with Gasteiger partial charge in [-0.15, -0.1) is 23.2 Å². The third-order valence-corrected chi connectivity index (χ3v) is 4.52. The Morgan fingerprint density at radius 1 is 1.57 bits per heavy atom. The molecule has 2 atom stereocenters. The summed E-state index contributed by atoms with van der Waals surface area (Å²) in [5.41, 5.74) is 0. The normalized spacial score (nSPS) is 25.7. The van der Waals surface area contributed by atoms with Gasteiger partial charge in [-0.2, -0.15) is 0 Å². The topological polar surface area (TPSA) is 30.0 Å². The highest BCUT2D eigenvalue weighted by Crippen LogP contribution is 2.53. The summed E-state index contributed by atoms with van der Waals surface area (Å²) in [4.78, 5) is 4.02. The van der Waals surface area contributed by atoms with Gasteiger partial charge in [-0.3, -0.25) is 4.21 Å². The summed E-state index contributed by atoms with van der Waals surface area (Å²) in [6, 6.07) is 5.37. The van der Waals surface area contributed by atoms with Crippen molar-refractivity contribution in [3.05, 3.63) is 24.4 Å². The molecule has 1 heterocycles. The summed E-state index contributed by atoms with van der Waals surface area (Å²) in [7, 11) is -1.08. The van der Waals surface area contributed by atoms with Crippen molar-refractivity contribution in [2.75, 3.05) is 5.75 Å². The van der Waals surface area contributed by atoms with Gasteiger partial charge in [0.1, 0.15) is 9.36 Å². The molecule has 0 aromatic carbocycles. The third-order valence-electron chi connectivity index (χ3n) is 2.18. The van der Waals surface area contributed by atoms with Gasteiger partial charge < -0.3 is 0 Å². The SMILES string of the molecule is O=S(CC1CC1(Cl)Cl)c1ccccn1.